The standard InChI is InChI=1S/C21H31ClN4O4S/c1-2-9-23-20(27)16-24-11-13-25(14-12-24)21(28)17-4-3-10-26(15-17)31(29,30)19-7-5-18(22)6-8-19/h5-8,17H,2-4,9-16H2,1H3,(H,23,27). The lowest BCUT2D eigenvalue weighted by molar-refractivity contribution is -0.138. The second-order valence-corrected chi connectivity index (χ2v) is 10.5. The Bertz CT molecular complexity index is 870. The van der Waals surface area contributed by atoms with Gasteiger partial charge in [-0.3, -0.25) is 14.5 Å². The summed E-state index contributed by atoms with van der Waals surface area (Å²) in [4.78, 5) is 29.0. The molecule has 2 saturated heterocycles. The van der Waals surface area contributed by atoms with Gasteiger partial charge in [0.15, 0.2) is 0 Å². The molecule has 31 heavy (non-hydrogen) atoms. The van der Waals surface area contributed by atoms with Crippen molar-refractivity contribution in [2.24, 2.45) is 5.92 Å². The third kappa shape index (κ3) is 6.19. The number of carbonyl (C=O) groups is 2. The number of piperazine rings is 1. The Morgan fingerprint density at radius 2 is 1.77 bits per heavy atom. The van der Waals surface area contributed by atoms with Gasteiger partial charge in [-0.25, -0.2) is 8.42 Å². The number of amides is 2. The van der Waals surface area contributed by atoms with Crippen LogP contribution < -0.4 is 5.32 Å². The van der Waals surface area contributed by atoms with Crippen molar-refractivity contribution in [3.8, 4) is 0 Å². The molecule has 172 valence electrons. The van der Waals surface area contributed by atoms with Crippen LogP contribution in [0.3, 0.4) is 0 Å². The van der Waals surface area contributed by atoms with Gasteiger partial charge in [0.1, 0.15) is 0 Å². The van der Waals surface area contributed by atoms with E-state index in [0.717, 1.165) is 6.42 Å². The van der Waals surface area contributed by atoms with Crippen molar-refractivity contribution in [2.75, 3.05) is 52.4 Å². The fourth-order valence-corrected chi connectivity index (χ4v) is 5.68. The first-order chi connectivity index (χ1) is 14.8. The molecule has 0 spiro atoms. The number of nitrogens with zero attached hydrogens (tertiary/aromatic N) is 3. The molecule has 3 rings (SSSR count). The lowest BCUT2D eigenvalue weighted by Crippen LogP contribution is -2.54. The molecule has 1 N–H and O–H groups in total. The predicted molar refractivity (Wildman–Crippen MR) is 119 cm³/mol. The summed E-state index contributed by atoms with van der Waals surface area (Å²) in [6, 6.07) is 6.12. The lowest BCUT2D eigenvalue weighted by Gasteiger charge is -2.38. The second kappa shape index (κ2) is 10.8. The van der Waals surface area contributed by atoms with Gasteiger partial charge in [0.05, 0.1) is 17.4 Å². The Labute approximate surface area is 189 Å². The normalized spacial score (nSPS) is 21.1. The maximum absolute atomic E-state index is 13.1. The zero-order valence-electron chi connectivity index (χ0n) is 17.9. The van der Waals surface area contributed by atoms with Crippen molar-refractivity contribution in [1.82, 2.24) is 19.4 Å². The summed E-state index contributed by atoms with van der Waals surface area (Å²) < 4.78 is 27.4. The topological polar surface area (TPSA) is 90.0 Å². The Morgan fingerprint density at radius 3 is 2.42 bits per heavy atom. The van der Waals surface area contributed by atoms with Gasteiger partial charge in [-0.05, 0) is 43.5 Å². The highest BCUT2D eigenvalue weighted by Crippen LogP contribution is 2.26. The summed E-state index contributed by atoms with van der Waals surface area (Å²) in [5.74, 6) is -0.321. The number of halogens is 1. The molecule has 0 bridgehead atoms. The van der Waals surface area contributed by atoms with Crippen molar-refractivity contribution in [2.45, 2.75) is 31.1 Å². The van der Waals surface area contributed by atoms with E-state index >= 15 is 0 Å². The smallest absolute Gasteiger partial charge is 0.243 e. The van der Waals surface area contributed by atoms with Crippen molar-refractivity contribution in [3.63, 3.8) is 0 Å². The van der Waals surface area contributed by atoms with Gasteiger partial charge in [-0.2, -0.15) is 4.31 Å². The summed E-state index contributed by atoms with van der Waals surface area (Å²) >= 11 is 5.87. The van der Waals surface area contributed by atoms with Crippen LogP contribution in [0.2, 0.25) is 5.02 Å². The largest absolute Gasteiger partial charge is 0.355 e. The highest BCUT2D eigenvalue weighted by atomic mass is 35.5. The lowest BCUT2D eigenvalue weighted by atomic mass is 9.98. The van der Waals surface area contributed by atoms with E-state index in [-0.39, 0.29) is 29.2 Å². The van der Waals surface area contributed by atoms with Crippen LogP contribution in [0, 0.1) is 5.92 Å². The van der Waals surface area contributed by atoms with Gasteiger partial charge in [0, 0.05) is 50.8 Å². The Kier molecular flexibility index (Phi) is 8.32. The van der Waals surface area contributed by atoms with E-state index in [1.165, 1.54) is 16.4 Å². The van der Waals surface area contributed by atoms with Crippen molar-refractivity contribution in [1.29, 1.82) is 0 Å². The third-order valence-corrected chi connectivity index (χ3v) is 7.94. The van der Waals surface area contributed by atoms with Gasteiger partial charge < -0.3 is 10.2 Å². The van der Waals surface area contributed by atoms with E-state index in [1.54, 1.807) is 12.1 Å². The summed E-state index contributed by atoms with van der Waals surface area (Å²) in [5.41, 5.74) is 0. The maximum Gasteiger partial charge on any atom is 0.243 e. The number of benzene rings is 1. The summed E-state index contributed by atoms with van der Waals surface area (Å²) in [7, 11) is -3.65. The molecular formula is C21H31ClN4O4S. The van der Waals surface area contributed by atoms with Crippen molar-refractivity contribution < 1.29 is 18.0 Å². The number of hydrogen-bond donors (Lipinski definition) is 1. The highest BCUT2D eigenvalue weighted by molar-refractivity contribution is 7.89. The van der Waals surface area contributed by atoms with Crippen LogP contribution in [0.4, 0.5) is 0 Å². The number of piperidine rings is 1. The average molecular weight is 471 g/mol. The van der Waals surface area contributed by atoms with Crippen LogP contribution in [-0.4, -0.2) is 86.7 Å². The van der Waals surface area contributed by atoms with Crippen LogP contribution in [0.1, 0.15) is 26.2 Å². The third-order valence-electron chi connectivity index (χ3n) is 5.81. The quantitative estimate of drug-likeness (QED) is 0.650. The fraction of sp³-hybridized carbons (Fsp3) is 0.619. The zero-order valence-corrected chi connectivity index (χ0v) is 19.5. The average Bonchev–Trinajstić information content (AvgIpc) is 2.78. The van der Waals surface area contributed by atoms with Crippen molar-refractivity contribution >= 4 is 33.4 Å². The first kappa shape index (κ1) is 24.0. The Morgan fingerprint density at radius 1 is 1.10 bits per heavy atom. The van der Waals surface area contributed by atoms with Crippen LogP contribution in [0.25, 0.3) is 0 Å². The molecular weight excluding hydrogens is 440 g/mol. The number of hydrogen-bond acceptors (Lipinski definition) is 5. The van der Waals surface area contributed by atoms with E-state index < -0.39 is 10.0 Å². The monoisotopic (exact) mass is 470 g/mol. The minimum Gasteiger partial charge on any atom is -0.355 e. The molecule has 0 saturated carbocycles. The van der Waals surface area contributed by atoms with Crippen LogP contribution in [-0.2, 0) is 19.6 Å². The Hall–Kier alpha value is -1.68. The molecule has 0 radical (unpaired) electrons. The molecule has 1 unspecified atom stereocenters. The molecule has 0 aromatic heterocycles. The van der Waals surface area contributed by atoms with Crippen molar-refractivity contribution in [3.05, 3.63) is 29.3 Å². The SMILES string of the molecule is CCCNC(=O)CN1CCN(C(=O)C2CCCN(S(=O)(=O)c3ccc(Cl)cc3)C2)CC1. The molecule has 1 atom stereocenters. The van der Waals surface area contributed by atoms with Crippen LogP contribution in [0.15, 0.2) is 29.2 Å². The number of nitrogens with one attached hydrogen (secondary N) is 1. The summed E-state index contributed by atoms with van der Waals surface area (Å²) in [6.45, 7) is 6.04. The van der Waals surface area contributed by atoms with E-state index in [0.29, 0.717) is 63.7 Å². The van der Waals surface area contributed by atoms with E-state index in [9.17, 15) is 18.0 Å². The van der Waals surface area contributed by atoms with E-state index in [1.807, 2.05) is 16.7 Å². The van der Waals surface area contributed by atoms with Gasteiger partial charge >= 0.3 is 0 Å². The maximum atomic E-state index is 13.1. The van der Waals surface area contributed by atoms with Crippen LogP contribution >= 0.6 is 11.6 Å². The molecule has 8 nitrogen and oxygen atoms in total. The minimum atomic E-state index is -3.65. The first-order valence-corrected chi connectivity index (χ1v) is 12.7. The second-order valence-electron chi connectivity index (χ2n) is 8.11. The van der Waals surface area contributed by atoms with Gasteiger partial charge in [-0.1, -0.05) is 18.5 Å². The fourth-order valence-electron chi connectivity index (χ4n) is 4.03. The molecule has 2 heterocycles. The number of rotatable bonds is 7. The molecule has 10 heteroatoms. The summed E-state index contributed by atoms with van der Waals surface area (Å²) in [6.07, 6.45) is 2.24. The molecule has 2 fully saturated rings. The zero-order chi connectivity index (χ0) is 22.4. The number of carbonyl (C=O) groups excluding carboxylic acids is 2. The Balaban J connectivity index is 1.54. The van der Waals surface area contributed by atoms with Gasteiger partial charge in [-0.15, -0.1) is 0 Å². The molecule has 1 aromatic rings. The molecule has 0 aliphatic carbocycles. The number of sulfonamides is 1. The first-order valence-electron chi connectivity index (χ1n) is 10.8. The minimum absolute atomic E-state index is 0.00564. The molecule has 2 aliphatic heterocycles. The summed E-state index contributed by atoms with van der Waals surface area (Å²) in [5, 5.41) is 3.35. The van der Waals surface area contributed by atoms with Crippen LogP contribution in [0.5, 0.6) is 0 Å². The van der Waals surface area contributed by atoms with E-state index in [4.69, 9.17) is 11.6 Å². The van der Waals surface area contributed by atoms with Gasteiger partial charge in [0.2, 0.25) is 21.8 Å². The van der Waals surface area contributed by atoms with E-state index in [2.05, 4.69) is 5.32 Å². The highest BCUT2D eigenvalue weighted by Gasteiger charge is 2.36. The van der Waals surface area contributed by atoms with Gasteiger partial charge in [0.25, 0.3) is 0 Å². The molecule has 1 aromatic carbocycles. The predicted octanol–water partition coefficient (Wildman–Crippen LogP) is 1.41. The molecule has 2 aliphatic rings. The molecule has 2 amide bonds.